The molecule has 1 aliphatic rings. The number of carbonyl (C=O) groups excluding carboxylic acids is 1. The summed E-state index contributed by atoms with van der Waals surface area (Å²) < 4.78 is 0. The Balaban J connectivity index is 1.76. The molecule has 0 spiro atoms. The zero-order chi connectivity index (χ0) is 13.7. The van der Waals surface area contributed by atoms with E-state index in [4.69, 9.17) is 10.9 Å². The summed E-state index contributed by atoms with van der Waals surface area (Å²) in [4.78, 5) is 14.8. The number of oxime groups is 1. The summed E-state index contributed by atoms with van der Waals surface area (Å²) >= 11 is 1.45. The second-order valence-electron chi connectivity index (χ2n) is 4.59. The number of hydrogen-bond acceptors (Lipinski definition) is 5. The van der Waals surface area contributed by atoms with Crippen LogP contribution in [0.2, 0.25) is 0 Å². The molecule has 0 atom stereocenters. The third kappa shape index (κ3) is 3.93. The summed E-state index contributed by atoms with van der Waals surface area (Å²) in [6.45, 7) is 2.15. The zero-order valence-corrected chi connectivity index (χ0v) is 11.4. The van der Waals surface area contributed by atoms with E-state index in [1.54, 1.807) is 0 Å². The number of hydrogen-bond donors (Lipinski definition) is 3. The van der Waals surface area contributed by atoms with Crippen molar-refractivity contribution in [1.29, 1.82) is 0 Å². The number of thiophene rings is 1. The SMILES string of the molecule is NC(CN1CCC(NC(=O)c2cccs2)CC1)=NO. The Labute approximate surface area is 115 Å². The average molecular weight is 282 g/mol. The van der Waals surface area contributed by atoms with Crippen LogP contribution < -0.4 is 11.1 Å². The highest BCUT2D eigenvalue weighted by atomic mass is 32.1. The lowest BCUT2D eigenvalue weighted by Crippen LogP contribution is -2.46. The molecule has 104 valence electrons. The van der Waals surface area contributed by atoms with Gasteiger partial charge in [0.15, 0.2) is 5.84 Å². The van der Waals surface area contributed by atoms with Crippen LogP contribution in [0.3, 0.4) is 0 Å². The number of likely N-dealkylation sites (tertiary alicyclic amines) is 1. The van der Waals surface area contributed by atoms with E-state index >= 15 is 0 Å². The van der Waals surface area contributed by atoms with Gasteiger partial charge < -0.3 is 16.3 Å². The fourth-order valence-electron chi connectivity index (χ4n) is 2.16. The molecular weight excluding hydrogens is 264 g/mol. The van der Waals surface area contributed by atoms with E-state index in [0.29, 0.717) is 6.54 Å². The summed E-state index contributed by atoms with van der Waals surface area (Å²) in [6.07, 6.45) is 1.77. The topological polar surface area (TPSA) is 91.0 Å². The Morgan fingerprint density at radius 2 is 2.32 bits per heavy atom. The lowest BCUT2D eigenvalue weighted by molar-refractivity contribution is 0.0919. The Morgan fingerprint density at radius 3 is 2.89 bits per heavy atom. The van der Waals surface area contributed by atoms with Crippen molar-refractivity contribution in [1.82, 2.24) is 10.2 Å². The van der Waals surface area contributed by atoms with Gasteiger partial charge in [-0.3, -0.25) is 9.69 Å². The number of rotatable bonds is 4. The fourth-order valence-corrected chi connectivity index (χ4v) is 2.79. The minimum Gasteiger partial charge on any atom is -0.409 e. The molecule has 1 aromatic heterocycles. The van der Waals surface area contributed by atoms with E-state index in [-0.39, 0.29) is 17.8 Å². The second-order valence-corrected chi connectivity index (χ2v) is 5.54. The Morgan fingerprint density at radius 1 is 1.58 bits per heavy atom. The van der Waals surface area contributed by atoms with E-state index in [2.05, 4.69) is 15.4 Å². The largest absolute Gasteiger partial charge is 0.409 e. The van der Waals surface area contributed by atoms with Crippen LogP contribution in [0.1, 0.15) is 22.5 Å². The third-order valence-corrected chi connectivity index (χ3v) is 4.05. The maximum atomic E-state index is 11.9. The summed E-state index contributed by atoms with van der Waals surface area (Å²) in [7, 11) is 0. The third-order valence-electron chi connectivity index (χ3n) is 3.18. The summed E-state index contributed by atoms with van der Waals surface area (Å²) in [5, 5.41) is 16.4. The average Bonchev–Trinajstić information content (AvgIpc) is 2.95. The summed E-state index contributed by atoms with van der Waals surface area (Å²) in [5.74, 6) is 0.228. The van der Waals surface area contributed by atoms with Crippen LogP contribution in [-0.4, -0.2) is 47.5 Å². The van der Waals surface area contributed by atoms with E-state index in [1.165, 1.54) is 11.3 Å². The molecule has 2 heterocycles. The number of amidine groups is 1. The molecule has 0 saturated carbocycles. The maximum Gasteiger partial charge on any atom is 0.261 e. The molecule has 0 aliphatic carbocycles. The molecule has 1 aromatic rings. The van der Waals surface area contributed by atoms with Gasteiger partial charge in [-0.2, -0.15) is 0 Å². The zero-order valence-electron chi connectivity index (χ0n) is 10.6. The van der Waals surface area contributed by atoms with Crippen LogP contribution in [0.5, 0.6) is 0 Å². The molecule has 0 bridgehead atoms. The van der Waals surface area contributed by atoms with Gasteiger partial charge in [-0.15, -0.1) is 11.3 Å². The van der Waals surface area contributed by atoms with Crippen molar-refractivity contribution < 1.29 is 10.0 Å². The minimum atomic E-state index is 0.00452. The number of nitrogens with zero attached hydrogens (tertiary/aromatic N) is 2. The number of amides is 1. The predicted molar refractivity (Wildman–Crippen MR) is 74.7 cm³/mol. The standard InChI is InChI=1S/C12H18N4O2S/c13-11(15-18)8-16-5-3-9(4-6-16)14-12(17)10-2-1-7-19-10/h1-2,7,9,18H,3-6,8H2,(H2,13,15)(H,14,17). The monoisotopic (exact) mass is 282 g/mol. The number of nitrogens with two attached hydrogens (primary N) is 1. The molecule has 0 aromatic carbocycles. The smallest absolute Gasteiger partial charge is 0.261 e. The highest BCUT2D eigenvalue weighted by Gasteiger charge is 2.21. The van der Waals surface area contributed by atoms with Crippen LogP contribution >= 0.6 is 11.3 Å². The second kappa shape index (κ2) is 6.53. The van der Waals surface area contributed by atoms with Gasteiger partial charge in [0, 0.05) is 19.1 Å². The highest BCUT2D eigenvalue weighted by Crippen LogP contribution is 2.13. The first-order valence-corrected chi connectivity index (χ1v) is 7.10. The normalized spacial score (nSPS) is 18.4. The van der Waals surface area contributed by atoms with Crippen LogP contribution in [0.25, 0.3) is 0 Å². The molecule has 1 fully saturated rings. The van der Waals surface area contributed by atoms with Crippen LogP contribution in [0.4, 0.5) is 0 Å². The molecule has 2 rings (SSSR count). The fraction of sp³-hybridized carbons (Fsp3) is 0.500. The lowest BCUT2D eigenvalue weighted by atomic mass is 10.0. The van der Waals surface area contributed by atoms with Gasteiger partial charge in [-0.05, 0) is 24.3 Å². The highest BCUT2D eigenvalue weighted by molar-refractivity contribution is 7.12. The van der Waals surface area contributed by atoms with E-state index in [9.17, 15) is 4.79 Å². The van der Waals surface area contributed by atoms with Gasteiger partial charge in [0.05, 0.1) is 11.4 Å². The first kappa shape index (κ1) is 13.8. The van der Waals surface area contributed by atoms with Gasteiger partial charge in [0.2, 0.25) is 0 Å². The van der Waals surface area contributed by atoms with Crippen molar-refractivity contribution in [2.75, 3.05) is 19.6 Å². The van der Waals surface area contributed by atoms with Crippen molar-refractivity contribution >= 4 is 23.1 Å². The van der Waals surface area contributed by atoms with Crippen molar-refractivity contribution in [2.24, 2.45) is 10.9 Å². The van der Waals surface area contributed by atoms with Gasteiger partial charge in [0.25, 0.3) is 5.91 Å². The number of nitrogens with one attached hydrogen (secondary N) is 1. The first-order chi connectivity index (χ1) is 9.19. The maximum absolute atomic E-state index is 11.9. The van der Waals surface area contributed by atoms with Crippen LogP contribution in [-0.2, 0) is 0 Å². The Hall–Kier alpha value is -1.60. The van der Waals surface area contributed by atoms with Crippen LogP contribution in [0.15, 0.2) is 22.7 Å². The minimum absolute atomic E-state index is 0.00452. The van der Waals surface area contributed by atoms with Gasteiger partial charge in [-0.25, -0.2) is 0 Å². The molecule has 6 nitrogen and oxygen atoms in total. The Bertz CT molecular complexity index is 439. The Kier molecular flexibility index (Phi) is 4.75. The molecule has 0 radical (unpaired) electrons. The van der Waals surface area contributed by atoms with Crippen molar-refractivity contribution in [3.63, 3.8) is 0 Å². The molecule has 1 aliphatic heterocycles. The molecule has 0 unspecified atom stereocenters. The van der Waals surface area contributed by atoms with Crippen molar-refractivity contribution in [2.45, 2.75) is 18.9 Å². The molecule has 4 N–H and O–H groups in total. The first-order valence-electron chi connectivity index (χ1n) is 6.22. The summed E-state index contributed by atoms with van der Waals surface area (Å²) in [6, 6.07) is 3.91. The molecule has 1 amide bonds. The van der Waals surface area contributed by atoms with E-state index in [0.717, 1.165) is 30.8 Å². The van der Waals surface area contributed by atoms with Gasteiger partial charge in [-0.1, -0.05) is 11.2 Å². The number of piperidine rings is 1. The number of carbonyl (C=O) groups is 1. The van der Waals surface area contributed by atoms with Gasteiger partial charge >= 0.3 is 0 Å². The summed E-state index contributed by atoms with van der Waals surface area (Å²) in [5.41, 5.74) is 5.47. The van der Waals surface area contributed by atoms with Crippen molar-refractivity contribution in [3.05, 3.63) is 22.4 Å². The van der Waals surface area contributed by atoms with E-state index in [1.807, 2.05) is 17.5 Å². The molecule has 1 saturated heterocycles. The van der Waals surface area contributed by atoms with Gasteiger partial charge in [0.1, 0.15) is 0 Å². The predicted octanol–water partition coefficient (Wildman–Crippen LogP) is 0.689. The molecule has 19 heavy (non-hydrogen) atoms. The molecule has 7 heteroatoms. The van der Waals surface area contributed by atoms with E-state index < -0.39 is 0 Å². The van der Waals surface area contributed by atoms with Crippen LogP contribution in [0, 0.1) is 0 Å². The van der Waals surface area contributed by atoms with Crippen molar-refractivity contribution in [3.8, 4) is 0 Å². The quantitative estimate of drug-likeness (QED) is 0.328. The molecular formula is C12H18N4O2S. The lowest BCUT2D eigenvalue weighted by Gasteiger charge is -2.31.